The molecule has 58 valence electrons. The van der Waals surface area contributed by atoms with Crippen LogP contribution in [0, 0.1) is 11.3 Å². The molecule has 1 aliphatic heterocycles. The smallest absolute Gasteiger partial charge is 0.188 e. The molecule has 0 aliphatic carbocycles. The first-order chi connectivity index (χ1) is 4.74. The number of likely N-dealkylation sites (tertiary alicyclic amines) is 1. The Labute approximate surface area is 59.5 Å². The highest BCUT2D eigenvalue weighted by Gasteiger charge is 2.22. The Bertz CT molecular complexity index is 137. The number of rotatable bonds is 1. The Morgan fingerprint density at radius 2 is 2.50 bits per heavy atom. The van der Waals surface area contributed by atoms with Gasteiger partial charge in [-0.1, -0.05) is 0 Å². The number of alkyl halides is 1. The first kappa shape index (κ1) is 7.31. The minimum atomic E-state index is -0.288. The van der Waals surface area contributed by atoms with E-state index in [1.54, 1.807) is 4.90 Å². The van der Waals surface area contributed by atoms with Gasteiger partial charge in [-0.05, 0) is 6.42 Å². The van der Waals surface area contributed by atoms with Crippen molar-refractivity contribution >= 4 is 5.96 Å². The van der Waals surface area contributed by atoms with E-state index in [0.717, 1.165) is 13.0 Å². The maximum Gasteiger partial charge on any atom is 0.188 e. The molecule has 0 saturated carbocycles. The van der Waals surface area contributed by atoms with Crippen LogP contribution in [0.25, 0.3) is 0 Å². The van der Waals surface area contributed by atoms with E-state index in [4.69, 9.17) is 11.1 Å². The number of halogens is 1. The Balaban J connectivity index is 2.35. The molecule has 1 fully saturated rings. The van der Waals surface area contributed by atoms with Gasteiger partial charge in [-0.3, -0.25) is 9.80 Å². The first-order valence-electron chi connectivity index (χ1n) is 3.39. The van der Waals surface area contributed by atoms with Crippen molar-refractivity contribution in [3.8, 4) is 0 Å². The van der Waals surface area contributed by atoms with E-state index in [2.05, 4.69) is 0 Å². The van der Waals surface area contributed by atoms with Crippen molar-refractivity contribution in [2.75, 3.05) is 19.8 Å². The molecule has 0 spiro atoms. The summed E-state index contributed by atoms with van der Waals surface area (Å²) in [5.41, 5.74) is 5.20. The molecule has 0 radical (unpaired) electrons. The molecule has 1 atom stereocenters. The van der Waals surface area contributed by atoms with Gasteiger partial charge in [0, 0.05) is 19.0 Å². The highest BCUT2D eigenvalue weighted by atomic mass is 19.1. The first-order valence-corrected chi connectivity index (χ1v) is 3.39. The lowest BCUT2D eigenvalue weighted by molar-refractivity contribution is 0.364. The lowest BCUT2D eigenvalue weighted by atomic mass is 10.1. The second kappa shape index (κ2) is 2.86. The molecular formula is C6H12FN3. The number of guanidine groups is 1. The van der Waals surface area contributed by atoms with Crippen molar-refractivity contribution in [2.24, 2.45) is 11.7 Å². The largest absolute Gasteiger partial charge is 0.370 e. The van der Waals surface area contributed by atoms with E-state index in [0.29, 0.717) is 6.54 Å². The van der Waals surface area contributed by atoms with Gasteiger partial charge in [0.25, 0.3) is 0 Å². The van der Waals surface area contributed by atoms with Gasteiger partial charge >= 0.3 is 0 Å². The molecule has 1 unspecified atom stereocenters. The van der Waals surface area contributed by atoms with Gasteiger partial charge in [-0.15, -0.1) is 0 Å². The molecule has 0 aromatic heterocycles. The second-order valence-corrected chi connectivity index (χ2v) is 2.64. The Kier molecular flexibility index (Phi) is 2.09. The van der Waals surface area contributed by atoms with Crippen molar-refractivity contribution in [1.29, 1.82) is 5.41 Å². The van der Waals surface area contributed by atoms with E-state index < -0.39 is 0 Å². The lowest BCUT2D eigenvalue weighted by Gasteiger charge is -2.14. The SMILES string of the molecule is N=C(N)N1CCC(CF)C1. The van der Waals surface area contributed by atoms with Crippen molar-refractivity contribution in [3.05, 3.63) is 0 Å². The predicted molar refractivity (Wildman–Crippen MR) is 37.6 cm³/mol. The molecule has 1 saturated heterocycles. The summed E-state index contributed by atoms with van der Waals surface area (Å²) in [5.74, 6) is 0.167. The van der Waals surface area contributed by atoms with Gasteiger partial charge in [-0.2, -0.15) is 0 Å². The standard InChI is InChI=1S/C6H12FN3/c7-3-5-1-2-10(4-5)6(8)9/h5H,1-4H2,(H3,8,9). The van der Waals surface area contributed by atoms with Crippen LogP contribution in [-0.4, -0.2) is 30.6 Å². The Hall–Kier alpha value is -0.800. The average molecular weight is 145 g/mol. The molecule has 0 aromatic rings. The molecule has 3 N–H and O–H groups in total. The molecule has 0 amide bonds. The molecule has 0 bridgehead atoms. The van der Waals surface area contributed by atoms with Crippen LogP contribution in [0.4, 0.5) is 4.39 Å². The number of hydrogen-bond donors (Lipinski definition) is 2. The summed E-state index contributed by atoms with van der Waals surface area (Å²) in [6.45, 7) is 1.07. The van der Waals surface area contributed by atoms with E-state index in [9.17, 15) is 4.39 Å². The number of hydrogen-bond acceptors (Lipinski definition) is 1. The third-order valence-corrected chi connectivity index (χ3v) is 1.84. The maximum atomic E-state index is 12.0. The van der Waals surface area contributed by atoms with Crippen LogP contribution < -0.4 is 5.73 Å². The van der Waals surface area contributed by atoms with E-state index in [1.165, 1.54) is 0 Å². The maximum absolute atomic E-state index is 12.0. The van der Waals surface area contributed by atoms with Crippen molar-refractivity contribution in [2.45, 2.75) is 6.42 Å². The molecule has 1 heterocycles. The Morgan fingerprint density at radius 3 is 2.80 bits per heavy atom. The second-order valence-electron chi connectivity index (χ2n) is 2.64. The molecule has 3 nitrogen and oxygen atoms in total. The summed E-state index contributed by atoms with van der Waals surface area (Å²) < 4.78 is 12.0. The van der Waals surface area contributed by atoms with Gasteiger partial charge in [0.05, 0.1) is 6.67 Å². The van der Waals surface area contributed by atoms with E-state index in [-0.39, 0.29) is 18.6 Å². The monoisotopic (exact) mass is 145 g/mol. The van der Waals surface area contributed by atoms with Crippen LogP contribution in [-0.2, 0) is 0 Å². The highest BCUT2D eigenvalue weighted by molar-refractivity contribution is 5.74. The predicted octanol–water partition coefficient (Wildman–Crippen LogP) is 0.171. The highest BCUT2D eigenvalue weighted by Crippen LogP contribution is 2.15. The minimum Gasteiger partial charge on any atom is -0.370 e. The van der Waals surface area contributed by atoms with Crippen molar-refractivity contribution in [3.63, 3.8) is 0 Å². The quantitative estimate of drug-likeness (QED) is 0.408. The minimum absolute atomic E-state index is 0.0657. The number of nitrogens with one attached hydrogen (secondary N) is 1. The van der Waals surface area contributed by atoms with Crippen LogP contribution in [0.5, 0.6) is 0 Å². The summed E-state index contributed by atoms with van der Waals surface area (Å²) in [7, 11) is 0. The summed E-state index contributed by atoms with van der Waals surface area (Å²) in [5, 5.41) is 7.04. The summed E-state index contributed by atoms with van der Waals surface area (Å²) in [6.07, 6.45) is 0.829. The third-order valence-electron chi connectivity index (χ3n) is 1.84. The van der Waals surface area contributed by atoms with E-state index >= 15 is 0 Å². The molecule has 1 rings (SSSR count). The molecular weight excluding hydrogens is 133 g/mol. The molecule has 0 aromatic carbocycles. The van der Waals surface area contributed by atoms with Crippen LogP contribution in [0.3, 0.4) is 0 Å². The number of nitrogens with two attached hydrogens (primary N) is 1. The zero-order valence-electron chi connectivity index (χ0n) is 5.81. The van der Waals surface area contributed by atoms with Gasteiger partial charge in [-0.25, -0.2) is 0 Å². The van der Waals surface area contributed by atoms with Crippen LogP contribution in [0.1, 0.15) is 6.42 Å². The zero-order valence-corrected chi connectivity index (χ0v) is 5.81. The summed E-state index contributed by atoms with van der Waals surface area (Å²) in [6, 6.07) is 0. The number of nitrogens with zero attached hydrogens (tertiary/aromatic N) is 1. The van der Waals surface area contributed by atoms with Gasteiger partial charge in [0.15, 0.2) is 5.96 Å². The van der Waals surface area contributed by atoms with Crippen LogP contribution in [0.2, 0.25) is 0 Å². The molecule has 1 aliphatic rings. The average Bonchev–Trinajstić information content (AvgIpc) is 2.34. The van der Waals surface area contributed by atoms with Gasteiger partial charge < -0.3 is 10.6 Å². The van der Waals surface area contributed by atoms with Crippen LogP contribution >= 0.6 is 0 Å². The topological polar surface area (TPSA) is 53.1 Å². The van der Waals surface area contributed by atoms with E-state index in [1.807, 2.05) is 0 Å². The summed E-state index contributed by atoms with van der Waals surface area (Å²) >= 11 is 0. The lowest BCUT2D eigenvalue weighted by Crippen LogP contribution is -2.34. The Morgan fingerprint density at radius 1 is 1.80 bits per heavy atom. The fourth-order valence-electron chi connectivity index (χ4n) is 1.18. The van der Waals surface area contributed by atoms with Gasteiger partial charge in [0.2, 0.25) is 0 Å². The third kappa shape index (κ3) is 1.37. The fraction of sp³-hybridized carbons (Fsp3) is 0.833. The molecule has 4 heteroatoms. The van der Waals surface area contributed by atoms with Crippen LogP contribution in [0.15, 0.2) is 0 Å². The fourth-order valence-corrected chi connectivity index (χ4v) is 1.18. The molecule has 10 heavy (non-hydrogen) atoms. The summed E-state index contributed by atoms with van der Waals surface area (Å²) in [4.78, 5) is 1.70. The van der Waals surface area contributed by atoms with Crippen molar-refractivity contribution < 1.29 is 4.39 Å². The van der Waals surface area contributed by atoms with Gasteiger partial charge in [0.1, 0.15) is 0 Å². The zero-order chi connectivity index (χ0) is 7.56. The van der Waals surface area contributed by atoms with Crippen molar-refractivity contribution in [1.82, 2.24) is 4.90 Å². The normalized spacial score (nSPS) is 25.3.